The number of nitrogens with zero attached hydrogens (tertiary/aromatic N) is 1. The van der Waals surface area contributed by atoms with Crippen molar-refractivity contribution in [3.63, 3.8) is 0 Å². The van der Waals surface area contributed by atoms with E-state index in [-0.39, 0.29) is 31.6 Å². The lowest BCUT2D eigenvalue weighted by Gasteiger charge is -2.36. The number of carbonyl (C=O) groups is 2. The van der Waals surface area contributed by atoms with Crippen LogP contribution in [0.3, 0.4) is 0 Å². The average Bonchev–Trinajstić information content (AvgIpc) is 3.20. The van der Waals surface area contributed by atoms with Gasteiger partial charge < -0.3 is 14.9 Å². The van der Waals surface area contributed by atoms with Crippen LogP contribution in [0.1, 0.15) is 24.0 Å². The number of aryl methyl sites for hydroxylation is 1. The lowest BCUT2D eigenvalue weighted by atomic mass is 9.68. The summed E-state index contributed by atoms with van der Waals surface area (Å²) in [6.45, 7) is 0.0545. The highest BCUT2D eigenvalue weighted by molar-refractivity contribution is 6.05. The molecule has 3 aromatic carbocycles. The van der Waals surface area contributed by atoms with E-state index < -0.39 is 23.9 Å². The number of imide groups is 1. The molecule has 1 heterocycles. The molecule has 2 N–H and O–H groups in total. The number of carbonyl (C=O) groups excluding carboxylic acids is 2. The average molecular weight is 512 g/mol. The fourth-order valence-corrected chi connectivity index (χ4v) is 5.87. The number of aliphatic hydroxyl groups excluding tert-OH is 2. The van der Waals surface area contributed by atoms with Gasteiger partial charge in [0, 0.05) is 5.92 Å². The Morgan fingerprint density at radius 2 is 1.45 bits per heavy atom. The molecule has 0 spiro atoms. The van der Waals surface area contributed by atoms with Gasteiger partial charge in [-0.25, -0.2) is 0 Å². The van der Waals surface area contributed by atoms with Crippen molar-refractivity contribution in [1.82, 2.24) is 4.90 Å². The van der Waals surface area contributed by atoms with E-state index >= 15 is 0 Å². The molecule has 0 saturated carbocycles. The van der Waals surface area contributed by atoms with Crippen LogP contribution < -0.4 is 4.74 Å². The number of amides is 2. The number of aliphatic hydroxyl groups is 2. The Morgan fingerprint density at radius 3 is 2.08 bits per heavy atom. The molecular weight excluding hydrogens is 478 g/mol. The maximum absolute atomic E-state index is 13.6. The minimum Gasteiger partial charge on any atom is -0.489 e. The molecule has 1 fully saturated rings. The molecule has 5 rings (SSSR count). The van der Waals surface area contributed by atoms with Gasteiger partial charge >= 0.3 is 0 Å². The van der Waals surface area contributed by atoms with E-state index in [0.717, 1.165) is 16.7 Å². The number of para-hydroxylation sites is 1. The van der Waals surface area contributed by atoms with Crippen molar-refractivity contribution in [3.8, 4) is 5.75 Å². The molecule has 4 atom stereocenters. The van der Waals surface area contributed by atoms with Crippen LogP contribution in [0.15, 0.2) is 102 Å². The number of likely N-dealkylation sites (tertiary alicyclic amines) is 1. The van der Waals surface area contributed by atoms with E-state index in [1.54, 1.807) is 0 Å². The number of rotatable bonds is 10. The number of ether oxygens (including phenoxy) is 1. The Kier molecular flexibility index (Phi) is 8.01. The fraction of sp³-hybridized carbons (Fsp3) is 0.312. The van der Waals surface area contributed by atoms with Gasteiger partial charge in [0.2, 0.25) is 11.8 Å². The fourth-order valence-electron chi connectivity index (χ4n) is 5.87. The topological polar surface area (TPSA) is 87.1 Å². The predicted octanol–water partition coefficient (Wildman–Crippen LogP) is 4.17. The Labute approximate surface area is 223 Å². The molecule has 0 radical (unpaired) electrons. The van der Waals surface area contributed by atoms with Gasteiger partial charge in [0.1, 0.15) is 12.4 Å². The minimum atomic E-state index is -0.867. The number of hydrogen-bond donors (Lipinski definition) is 2. The van der Waals surface area contributed by atoms with Crippen molar-refractivity contribution in [2.45, 2.75) is 31.9 Å². The zero-order chi connectivity index (χ0) is 26.5. The van der Waals surface area contributed by atoms with Crippen LogP contribution in [0.2, 0.25) is 0 Å². The molecular formula is C32H33NO5. The molecule has 3 aromatic rings. The smallest absolute Gasteiger partial charge is 0.234 e. The highest BCUT2D eigenvalue weighted by atomic mass is 16.5. The summed E-state index contributed by atoms with van der Waals surface area (Å²) >= 11 is 0. The van der Waals surface area contributed by atoms with Crippen LogP contribution in [0, 0.1) is 17.8 Å². The van der Waals surface area contributed by atoms with Gasteiger partial charge in [-0.05, 0) is 53.7 Å². The molecule has 2 amide bonds. The van der Waals surface area contributed by atoms with E-state index in [9.17, 15) is 19.8 Å². The molecule has 1 saturated heterocycles. The SMILES string of the molecule is O=C1[C@@H]2[C@@H](CC(COc3ccccc3)=C([C@H](O)CCc3ccccc3)[C@@H]2CO)C(=O)N1Cc1ccccc1. The lowest BCUT2D eigenvalue weighted by Crippen LogP contribution is -2.40. The van der Waals surface area contributed by atoms with Crippen molar-refractivity contribution in [2.75, 3.05) is 13.2 Å². The predicted molar refractivity (Wildman–Crippen MR) is 144 cm³/mol. The maximum atomic E-state index is 13.6. The molecule has 0 aromatic heterocycles. The van der Waals surface area contributed by atoms with E-state index in [1.165, 1.54) is 4.90 Å². The molecule has 0 bridgehead atoms. The Balaban J connectivity index is 1.44. The van der Waals surface area contributed by atoms with Gasteiger partial charge in [-0.3, -0.25) is 14.5 Å². The number of hydrogen-bond acceptors (Lipinski definition) is 5. The monoisotopic (exact) mass is 511 g/mol. The largest absolute Gasteiger partial charge is 0.489 e. The molecule has 6 nitrogen and oxygen atoms in total. The third kappa shape index (κ3) is 5.42. The van der Waals surface area contributed by atoms with Gasteiger partial charge in [0.25, 0.3) is 0 Å². The molecule has 6 heteroatoms. The standard InChI is InChI=1S/C32H33NO5/c34-20-27-29(28(35)17-16-22-10-4-1-5-11-22)24(21-38-25-14-8-3-9-15-25)18-26-30(27)32(37)33(31(26)36)19-23-12-6-2-7-13-23/h1-15,26-28,30,34-35H,16-21H2/t26-,27+,28-,30-/m1/s1. The molecule has 38 heavy (non-hydrogen) atoms. The first-order valence-electron chi connectivity index (χ1n) is 13.2. The van der Waals surface area contributed by atoms with Crippen molar-refractivity contribution in [3.05, 3.63) is 113 Å². The second kappa shape index (κ2) is 11.8. The van der Waals surface area contributed by atoms with Crippen LogP contribution in [-0.4, -0.2) is 46.2 Å². The zero-order valence-electron chi connectivity index (χ0n) is 21.3. The Bertz CT molecular complexity index is 1270. The summed E-state index contributed by atoms with van der Waals surface area (Å²) in [5.41, 5.74) is 3.41. The summed E-state index contributed by atoms with van der Waals surface area (Å²) in [6.07, 6.45) is 0.547. The Hall–Kier alpha value is -3.74. The molecule has 1 aliphatic carbocycles. The first kappa shape index (κ1) is 25.9. The third-order valence-corrected chi connectivity index (χ3v) is 7.72. The van der Waals surface area contributed by atoms with Crippen LogP contribution in [0.5, 0.6) is 5.75 Å². The minimum absolute atomic E-state index is 0.182. The second-order valence-electron chi connectivity index (χ2n) is 10.1. The quantitative estimate of drug-likeness (QED) is 0.315. The summed E-state index contributed by atoms with van der Waals surface area (Å²) < 4.78 is 6.05. The van der Waals surface area contributed by atoms with E-state index in [4.69, 9.17) is 4.74 Å². The summed E-state index contributed by atoms with van der Waals surface area (Å²) in [5.74, 6) is -1.75. The highest BCUT2D eigenvalue weighted by Crippen LogP contribution is 2.46. The molecule has 2 aliphatic rings. The van der Waals surface area contributed by atoms with Crippen LogP contribution >= 0.6 is 0 Å². The first-order chi connectivity index (χ1) is 18.6. The van der Waals surface area contributed by atoms with Crippen molar-refractivity contribution >= 4 is 11.8 Å². The third-order valence-electron chi connectivity index (χ3n) is 7.72. The van der Waals surface area contributed by atoms with Crippen LogP contribution in [-0.2, 0) is 22.6 Å². The molecule has 1 aliphatic heterocycles. The van der Waals surface area contributed by atoms with Gasteiger partial charge in [-0.1, -0.05) is 78.9 Å². The summed E-state index contributed by atoms with van der Waals surface area (Å²) in [7, 11) is 0. The van der Waals surface area contributed by atoms with Crippen molar-refractivity contribution < 1.29 is 24.5 Å². The van der Waals surface area contributed by atoms with Crippen LogP contribution in [0.4, 0.5) is 0 Å². The molecule has 0 unspecified atom stereocenters. The number of fused-ring (bicyclic) bond motifs is 1. The maximum Gasteiger partial charge on any atom is 0.234 e. The lowest BCUT2D eigenvalue weighted by molar-refractivity contribution is -0.140. The second-order valence-corrected chi connectivity index (χ2v) is 10.1. The van der Waals surface area contributed by atoms with Gasteiger partial charge in [-0.15, -0.1) is 0 Å². The van der Waals surface area contributed by atoms with Gasteiger partial charge in [0.05, 0.1) is 31.1 Å². The summed E-state index contributed by atoms with van der Waals surface area (Å²) in [4.78, 5) is 28.5. The first-order valence-corrected chi connectivity index (χ1v) is 13.2. The number of benzene rings is 3. The zero-order valence-corrected chi connectivity index (χ0v) is 21.3. The van der Waals surface area contributed by atoms with E-state index in [1.807, 2.05) is 91.0 Å². The van der Waals surface area contributed by atoms with Gasteiger partial charge in [-0.2, -0.15) is 0 Å². The van der Waals surface area contributed by atoms with Crippen LogP contribution in [0.25, 0.3) is 0 Å². The van der Waals surface area contributed by atoms with E-state index in [2.05, 4.69) is 0 Å². The highest BCUT2D eigenvalue weighted by Gasteiger charge is 2.54. The van der Waals surface area contributed by atoms with Gasteiger partial charge in [0.15, 0.2) is 0 Å². The summed E-state index contributed by atoms with van der Waals surface area (Å²) in [6, 6.07) is 28.7. The summed E-state index contributed by atoms with van der Waals surface area (Å²) in [5, 5.41) is 22.0. The Morgan fingerprint density at radius 1 is 0.842 bits per heavy atom. The van der Waals surface area contributed by atoms with Crippen molar-refractivity contribution in [1.29, 1.82) is 0 Å². The molecule has 196 valence electrons. The van der Waals surface area contributed by atoms with Crippen molar-refractivity contribution in [2.24, 2.45) is 17.8 Å². The van der Waals surface area contributed by atoms with E-state index in [0.29, 0.717) is 30.6 Å². The normalized spacial score (nSPS) is 21.9.